The molecule has 0 bridgehead atoms. The lowest BCUT2D eigenvalue weighted by atomic mass is 10.0. The van der Waals surface area contributed by atoms with Crippen LogP contribution in [-0.4, -0.2) is 38.8 Å². The highest BCUT2D eigenvalue weighted by Gasteiger charge is 2.23. The first-order valence-electron chi connectivity index (χ1n) is 12.9. The smallest absolute Gasteiger partial charge is 0.223 e. The van der Waals surface area contributed by atoms with E-state index in [1.807, 2.05) is 53.2 Å². The number of anilines is 2. The summed E-state index contributed by atoms with van der Waals surface area (Å²) in [6.07, 6.45) is 11.5. The van der Waals surface area contributed by atoms with E-state index < -0.39 is 0 Å². The van der Waals surface area contributed by atoms with Gasteiger partial charge in [-0.25, -0.2) is 14.5 Å². The summed E-state index contributed by atoms with van der Waals surface area (Å²) in [5.74, 6) is 2.37. The van der Waals surface area contributed by atoms with Gasteiger partial charge in [-0.2, -0.15) is 5.10 Å². The van der Waals surface area contributed by atoms with E-state index in [4.69, 9.17) is 26.4 Å². The molecule has 0 saturated heterocycles. The van der Waals surface area contributed by atoms with Crippen LogP contribution in [0.3, 0.4) is 0 Å². The lowest BCUT2D eigenvalue weighted by Crippen LogP contribution is -2.17. The molecule has 1 aromatic carbocycles. The molecular formula is C28H31ClN6O. The van der Waals surface area contributed by atoms with Gasteiger partial charge in [-0.1, -0.05) is 37.3 Å². The van der Waals surface area contributed by atoms with Gasteiger partial charge in [-0.15, -0.1) is 0 Å². The van der Waals surface area contributed by atoms with Gasteiger partial charge in [-0.3, -0.25) is 0 Å². The normalized spacial score (nSPS) is 16.6. The number of hydrogen-bond acceptors (Lipinski definition) is 6. The standard InChI is InChI=1S/C28H31ClN6O/c1-36-22-12-10-18(11-13-22)27-26(23-14-15-30-28(33-23)32-21-8-4-5-9-21)24-16-19(29)17-25(35(24)34-27)31-20-6-2-3-7-20/h10-17,20-21,31H,2-9H2,1H3,(H,30,32,33). The molecule has 2 fully saturated rings. The molecule has 0 aliphatic heterocycles. The fourth-order valence-corrected chi connectivity index (χ4v) is 5.72. The molecular weight excluding hydrogens is 472 g/mol. The molecule has 0 unspecified atom stereocenters. The molecule has 2 aliphatic carbocycles. The number of hydrogen-bond donors (Lipinski definition) is 2. The third-order valence-corrected chi connectivity index (χ3v) is 7.59. The first kappa shape index (κ1) is 23.1. The van der Waals surface area contributed by atoms with E-state index in [0.29, 0.717) is 23.1 Å². The van der Waals surface area contributed by atoms with E-state index in [0.717, 1.165) is 65.3 Å². The van der Waals surface area contributed by atoms with Crippen molar-refractivity contribution in [3.8, 4) is 28.3 Å². The number of aromatic nitrogens is 4. The van der Waals surface area contributed by atoms with Crippen molar-refractivity contribution < 1.29 is 4.74 Å². The number of rotatable bonds is 7. The van der Waals surface area contributed by atoms with E-state index in [1.165, 1.54) is 25.7 Å². The monoisotopic (exact) mass is 502 g/mol. The Bertz CT molecular complexity index is 1360. The van der Waals surface area contributed by atoms with Crippen LogP contribution in [-0.2, 0) is 0 Å². The molecule has 0 amide bonds. The van der Waals surface area contributed by atoms with Crippen LogP contribution in [0.4, 0.5) is 11.8 Å². The van der Waals surface area contributed by atoms with Crippen molar-refractivity contribution in [1.82, 2.24) is 19.6 Å². The lowest BCUT2D eigenvalue weighted by Gasteiger charge is -2.15. The van der Waals surface area contributed by atoms with Crippen LogP contribution in [0.5, 0.6) is 5.75 Å². The maximum Gasteiger partial charge on any atom is 0.223 e. The average Bonchev–Trinajstić information content (AvgIpc) is 3.66. The van der Waals surface area contributed by atoms with Crippen LogP contribution >= 0.6 is 11.6 Å². The number of ether oxygens (including phenoxy) is 1. The Balaban J connectivity index is 1.50. The van der Waals surface area contributed by atoms with Crippen LogP contribution in [0, 0.1) is 0 Å². The van der Waals surface area contributed by atoms with Gasteiger partial charge in [0.15, 0.2) is 0 Å². The molecule has 0 radical (unpaired) electrons. The van der Waals surface area contributed by atoms with Crippen molar-refractivity contribution in [2.24, 2.45) is 0 Å². The van der Waals surface area contributed by atoms with Crippen molar-refractivity contribution in [1.29, 1.82) is 0 Å². The van der Waals surface area contributed by atoms with E-state index in [1.54, 1.807) is 7.11 Å². The van der Waals surface area contributed by atoms with Gasteiger partial charge in [-0.05, 0) is 68.1 Å². The quantitative estimate of drug-likeness (QED) is 0.288. The first-order valence-corrected chi connectivity index (χ1v) is 13.3. The Morgan fingerprint density at radius 1 is 0.917 bits per heavy atom. The molecule has 7 nitrogen and oxygen atoms in total. The zero-order chi connectivity index (χ0) is 24.5. The second-order valence-electron chi connectivity index (χ2n) is 9.82. The molecule has 3 heterocycles. The summed E-state index contributed by atoms with van der Waals surface area (Å²) < 4.78 is 7.36. The number of methoxy groups -OCH3 is 1. The van der Waals surface area contributed by atoms with Crippen LogP contribution in [0.25, 0.3) is 28.0 Å². The number of halogens is 1. The number of nitrogens with zero attached hydrogens (tertiary/aromatic N) is 4. The van der Waals surface area contributed by atoms with Crippen LogP contribution < -0.4 is 15.4 Å². The molecule has 6 rings (SSSR count). The van der Waals surface area contributed by atoms with Gasteiger partial charge in [0.1, 0.15) is 17.3 Å². The van der Waals surface area contributed by atoms with Gasteiger partial charge in [0.05, 0.1) is 23.9 Å². The Morgan fingerprint density at radius 2 is 1.61 bits per heavy atom. The molecule has 2 aliphatic rings. The fourth-order valence-electron chi connectivity index (χ4n) is 5.52. The van der Waals surface area contributed by atoms with Gasteiger partial charge >= 0.3 is 0 Å². The second kappa shape index (κ2) is 9.97. The van der Waals surface area contributed by atoms with E-state index >= 15 is 0 Å². The van der Waals surface area contributed by atoms with Gasteiger partial charge in [0.25, 0.3) is 0 Å². The molecule has 0 spiro atoms. The van der Waals surface area contributed by atoms with Gasteiger partial charge < -0.3 is 15.4 Å². The van der Waals surface area contributed by atoms with Gasteiger partial charge in [0.2, 0.25) is 5.95 Å². The van der Waals surface area contributed by atoms with Gasteiger partial charge in [0, 0.05) is 28.9 Å². The van der Waals surface area contributed by atoms with E-state index in [2.05, 4.69) is 15.6 Å². The number of fused-ring (bicyclic) bond motifs is 1. The van der Waals surface area contributed by atoms with Crippen molar-refractivity contribution in [3.63, 3.8) is 0 Å². The van der Waals surface area contributed by atoms with E-state index in [9.17, 15) is 0 Å². The highest BCUT2D eigenvalue weighted by atomic mass is 35.5. The predicted molar refractivity (Wildman–Crippen MR) is 145 cm³/mol. The third-order valence-electron chi connectivity index (χ3n) is 7.37. The minimum absolute atomic E-state index is 0.432. The summed E-state index contributed by atoms with van der Waals surface area (Å²) >= 11 is 6.67. The number of nitrogens with one attached hydrogen (secondary N) is 2. The molecule has 4 aromatic rings. The van der Waals surface area contributed by atoms with E-state index in [-0.39, 0.29) is 0 Å². The van der Waals surface area contributed by atoms with Crippen LogP contribution in [0.2, 0.25) is 5.02 Å². The highest BCUT2D eigenvalue weighted by Crippen LogP contribution is 2.38. The Labute approximate surface area is 216 Å². The lowest BCUT2D eigenvalue weighted by molar-refractivity contribution is 0.415. The zero-order valence-corrected chi connectivity index (χ0v) is 21.3. The first-order chi connectivity index (χ1) is 17.7. The predicted octanol–water partition coefficient (Wildman–Crippen LogP) is 6.83. The summed E-state index contributed by atoms with van der Waals surface area (Å²) in [7, 11) is 1.67. The topological polar surface area (TPSA) is 76.4 Å². The minimum Gasteiger partial charge on any atom is -0.497 e. The SMILES string of the molecule is COc1ccc(-c2nn3c(NC4CCCC4)cc(Cl)cc3c2-c2ccnc(NC3CCCC3)n2)cc1. The Hall–Kier alpha value is -3.32. The fraction of sp³-hybridized carbons (Fsp3) is 0.393. The average molecular weight is 503 g/mol. The van der Waals surface area contributed by atoms with Crippen molar-refractivity contribution in [2.45, 2.75) is 63.5 Å². The second-order valence-corrected chi connectivity index (χ2v) is 10.3. The molecule has 2 N–H and O–H groups in total. The minimum atomic E-state index is 0.432. The number of benzene rings is 1. The van der Waals surface area contributed by atoms with Crippen LogP contribution in [0.15, 0.2) is 48.7 Å². The van der Waals surface area contributed by atoms with Crippen LogP contribution in [0.1, 0.15) is 51.4 Å². The molecule has 3 aromatic heterocycles. The summed E-state index contributed by atoms with van der Waals surface area (Å²) in [5.41, 5.74) is 4.51. The largest absolute Gasteiger partial charge is 0.497 e. The molecule has 0 atom stereocenters. The zero-order valence-electron chi connectivity index (χ0n) is 20.5. The molecule has 186 valence electrons. The molecule has 2 saturated carbocycles. The molecule has 8 heteroatoms. The molecule has 36 heavy (non-hydrogen) atoms. The maximum absolute atomic E-state index is 6.67. The maximum atomic E-state index is 6.67. The Morgan fingerprint density at radius 3 is 2.31 bits per heavy atom. The summed E-state index contributed by atoms with van der Waals surface area (Å²) in [6.45, 7) is 0. The Kier molecular flexibility index (Phi) is 6.40. The number of pyridine rings is 1. The third kappa shape index (κ3) is 4.60. The summed E-state index contributed by atoms with van der Waals surface area (Å²) in [4.78, 5) is 9.46. The summed E-state index contributed by atoms with van der Waals surface area (Å²) in [5, 5.41) is 13.0. The van der Waals surface area contributed by atoms with Crippen molar-refractivity contribution in [2.75, 3.05) is 17.7 Å². The highest BCUT2D eigenvalue weighted by molar-refractivity contribution is 6.31. The summed E-state index contributed by atoms with van der Waals surface area (Å²) in [6, 6.07) is 14.8. The van der Waals surface area contributed by atoms with Crippen molar-refractivity contribution >= 4 is 28.9 Å². The van der Waals surface area contributed by atoms with Crippen molar-refractivity contribution in [3.05, 3.63) is 53.7 Å².